The summed E-state index contributed by atoms with van der Waals surface area (Å²) in [6, 6.07) is 17.2. The maximum atomic E-state index is 6.09. The molecule has 0 aliphatic carbocycles. The average Bonchev–Trinajstić information content (AvgIpc) is 2.60. The van der Waals surface area contributed by atoms with E-state index >= 15 is 0 Å². The number of nitrogens with zero attached hydrogens (tertiary/aromatic N) is 1. The second-order valence-electron chi connectivity index (χ2n) is 5.95. The van der Waals surface area contributed by atoms with Gasteiger partial charge in [0.15, 0.2) is 0 Å². The van der Waals surface area contributed by atoms with Crippen LogP contribution in [-0.4, -0.2) is 19.2 Å². The lowest BCUT2D eigenvalue weighted by Crippen LogP contribution is -2.38. The molecule has 1 aliphatic heterocycles. The lowest BCUT2D eigenvalue weighted by Gasteiger charge is -2.33. The first-order chi connectivity index (χ1) is 11.2. The molecule has 23 heavy (non-hydrogen) atoms. The Morgan fingerprint density at radius 3 is 1.78 bits per heavy atom. The van der Waals surface area contributed by atoms with Crippen molar-refractivity contribution in [3.8, 4) is 5.75 Å². The van der Waals surface area contributed by atoms with Gasteiger partial charge in [-0.3, -0.25) is 0 Å². The first-order valence-corrected chi connectivity index (χ1v) is 8.76. The van der Waals surface area contributed by atoms with E-state index < -0.39 is 0 Å². The van der Waals surface area contributed by atoms with Crippen molar-refractivity contribution < 1.29 is 4.74 Å². The molecule has 0 N–H and O–H groups in total. The van der Waals surface area contributed by atoms with Gasteiger partial charge in [-0.25, -0.2) is 0 Å². The molecule has 2 aromatic rings. The van der Waals surface area contributed by atoms with Gasteiger partial charge in [0.2, 0.25) is 0 Å². The molecule has 0 aromatic heterocycles. The summed E-state index contributed by atoms with van der Waals surface area (Å²) in [5.74, 6) is 0.995. The third kappa shape index (κ3) is 5.02. The van der Waals surface area contributed by atoms with Crippen LogP contribution >= 0.6 is 0 Å². The quantitative estimate of drug-likeness (QED) is 0.755. The van der Waals surface area contributed by atoms with Gasteiger partial charge in [0.05, 0.1) is 0 Å². The summed E-state index contributed by atoms with van der Waals surface area (Å²) < 4.78 is 6.09. The Bertz CT molecular complexity index is 566. The largest absolute Gasteiger partial charge is 0.490 e. The van der Waals surface area contributed by atoms with Gasteiger partial charge >= 0.3 is 0 Å². The summed E-state index contributed by atoms with van der Waals surface area (Å²) in [5, 5.41) is 0. The molecule has 0 unspecified atom stereocenters. The van der Waals surface area contributed by atoms with Crippen LogP contribution in [0.4, 0.5) is 5.69 Å². The van der Waals surface area contributed by atoms with E-state index in [1.54, 1.807) is 0 Å². The van der Waals surface area contributed by atoms with Gasteiger partial charge in [-0.15, -0.1) is 0 Å². The highest BCUT2D eigenvalue weighted by atomic mass is 16.5. The SMILES string of the molecule is CC.Cc1ccc(OC2CCN(c3ccc(C)cc3)CC2)cc1. The van der Waals surface area contributed by atoms with Crippen LogP contribution < -0.4 is 9.64 Å². The third-order valence-corrected chi connectivity index (χ3v) is 4.16. The fourth-order valence-electron chi connectivity index (χ4n) is 2.80. The van der Waals surface area contributed by atoms with Crippen LogP contribution in [0.5, 0.6) is 5.75 Å². The fraction of sp³-hybridized carbons (Fsp3) is 0.429. The van der Waals surface area contributed by atoms with Crippen molar-refractivity contribution >= 4 is 5.69 Å². The number of hydrogen-bond acceptors (Lipinski definition) is 2. The summed E-state index contributed by atoms with van der Waals surface area (Å²) in [6.07, 6.45) is 2.51. The zero-order valence-corrected chi connectivity index (χ0v) is 14.9. The van der Waals surface area contributed by atoms with Gasteiger partial charge in [-0.2, -0.15) is 0 Å². The van der Waals surface area contributed by atoms with E-state index in [4.69, 9.17) is 4.74 Å². The van der Waals surface area contributed by atoms with Crippen LogP contribution in [0.15, 0.2) is 48.5 Å². The number of piperidine rings is 1. The van der Waals surface area contributed by atoms with E-state index in [-0.39, 0.29) is 0 Å². The maximum absolute atomic E-state index is 6.09. The summed E-state index contributed by atoms with van der Waals surface area (Å²) in [7, 11) is 0. The molecular formula is C21H29NO. The van der Waals surface area contributed by atoms with Gasteiger partial charge in [0, 0.05) is 31.6 Å². The molecule has 2 nitrogen and oxygen atoms in total. The van der Waals surface area contributed by atoms with Crippen LogP contribution in [-0.2, 0) is 0 Å². The van der Waals surface area contributed by atoms with E-state index in [2.05, 4.69) is 67.3 Å². The van der Waals surface area contributed by atoms with Gasteiger partial charge in [-0.1, -0.05) is 49.2 Å². The number of hydrogen-bond donors (Lipinski definition) is 0. The summed E-state index contributed by atoms with van der Waals surface area (Å²) in [5.41, 5.74) is 3.92. The predicted octanol–water partition coefficient (Wildman–Crippen LogP) is 5.38. The first kappa shape index (κ1) is 17.4. The van der Waals surface area contributed by atoms with Crippen LogP contribution in [0.2, 0.25) is 0 Å². The van der Waals surface area contributed by atoms with Gasteiger partial charge < -0.3 is 9.64 Å². The van der Waals surface area contributed by atoms with Crippen LogP contribution in [0, 0.1) is 13.8 Å². The second kappa shape index (κ2) is 8.61. The molecule has 0 amide bonds. The Morgan fingerprint density at radius 2 is 1.26 bits per heavy atom. The van der Waals surface area contributed by atoms with Crippen molar-refractivity contribution in [3.05, 3.63) is 59.7 Å². The summed E-state index contributed by atoms with van der Waals surface area (Å²) >= 11 is 0. The van der Waals surface area contributed by atoms with Crippen molar-refractivity contribution in [1.29, 1.82) is 0 Å². The minimum absolute atomic E-state index is 0.342. The summed E-state index contributed by atoms with van der Waals surface area (Å²) in [4.78, 5) is 2.45. The molecule has 0 atom stereocenters. The lowest BCUT2D eigenvalue weighted by atomic mass is 10.1. The van der Waals surface area contributed by atoms with Crippen LogP contribution in [0.3, 0.4) is 0 Å². The van der Waals surface area contributed by atoms with E-state index in [0.717, 1.165) is 31.7 Å². The first-order valence-electron chi connectivity index (χ1n) is 8.76. The predicted molar refractivity (Wildman–Crippen MR) is 99.6 cm³/mol. The van der Waals surface area contributed by atoms with Crippen molar-refractivity contribution in [1.82, 2.24) is 0 Å². The molecule has 1 aliphatic rings. The smallest absolute Gasteiger partial charge is 0.119 e. The molecule has 0 radical (unpaired) electrons. The summed E-state index contributed by atoms with van der Waals surface area (Å²) in [6.45, 7) is 10.4. The zero-order chi connectivity index (χ0) is 16.7. The van der Waals surface area contributed by atoms with Crippen molar-refractivity contribution in [2.45, 2.75) is 46.6 Å². The highest BCUT2D eigenvalue weighted by Crippen LogP contribution is 2.23. The van der Waals surface area contributed by atoms with Crippen LogP contribution in [0.1, 0.15) is 37.8 Å². The number of rotatable bonds is 3. The number of benzene rings is 2. The standard InChI is InChI=1S/C19H23NO.C2H6/c1-15-3-7-17(8-4-15)20-13-11-19(12-14-20)21-18-9-5-16(2)6-10-18;1-2/h3-10,19H,11-14H2,1-2H3;1-2H3. The van der Waals surface area contributed by atoms with E-state index in [0.29, 0.717) is 6.10 Å². The lowest BCUT2D eigenvalue weighted by molar-refractivity contribution is 0.171. The molecular weight excluding hydrogens is 282 g/mol. The van der Waals surface area contributed by atoms with Gasteiger partial charge in [0.25, 0.3) is 0 Å². The number of ether oxygens (including phenoxy) is 1. The third-order valence-electron chi connectivity index (χ3n) is 4.16. The monoisotopic (exact) mass is 311 g/mol. The van der Waals surface area contributed by atoms with E-state index in [1.165, 1.54) is 16.8 Å². The van der Waals surface area contributed by atoms with E-state index in [9.17, 15) is 0 Å². The fourth-order valence-corrected chi connectivity index (χ4v) is 2.80. The Kier molecular flexibility index (Phi) is 6.52. The van der Waals surface area contributed by atoms with Crippen molar-refractivity contribution in [3.63, 3.8) is 0 Å². The molecule has 1 fully saturated rings. The molecule has 3 rings (SSSR count). The Balaban J connectivity index is 0.000000924. The highest BCUT2D eigenvalue weighted by Gasteiger charge is 2.20. The highest BCUT2D eigenvalue weighted by molar-refractivity contribution is 5.47. The molecule has 124 valence electrons. The Labute approximate surface area is 141 Å². The van der Waals surface area contributed by atoms with Crippen LogP contribution in [0.25, 0.3) is 0 Å². The topological polar surface area (TPSA) is 12.5 Å². The second-order valence-corrected chi connectivity index (χ2v) is 5.95. The van der Waals surface area contributed by atoms with Crippen molar-refractivity contribution in [2.75, 3.05) is 18.0 Å². The van der Waals surface area contributed by atoms with E-state index in [1.807, 2.05) is 13.8 Å². The molecule has 0 spiro atoms. The molecule has 2 heteroatoms. The Morgan fingerprint density at radius 1 is 0.783 bits per heavy atom. The average molecular weight is 311 g/mol. The molecule has 0 bridgehead atoms. The minimum Gasteiger partial charge on any atom is -0.490 e. The normalized spacial score (nSPS) is 14.9. The molecule has 1 saturated heterocycles. The Hall–Kier alpha value is -1.96. The number of anilines is 1. The number of aryl methyl sites for hydroxylation is 2. The van der Waals surface area contributed by atoms with Crippen molar-refractivity contribution in [2.24, 2.45) is 0 Å². The molecule has 2 aromatic carbocycles. The zero-order valence-electron chi connectivity index (χ0n) is 14.9. The molecule has 1 heterocycles. The van der Waals surface area contributed by atoms with Gasteiger partial charge in [0.1, 0.15) is 11.9 Å². The molecule has 0 saturated carbocycles. The van der Waals surface area contributed by atoms with Gasteiger partial charge in [-0.05, 0) is 38.1 Å². The minimum atomic E-state index is 0.342. The maximum Gasteiger partial charge on any atom is 0.119 e.